The largest absolute Gasteiger partial charge is 0.471 e. The molecule has 0 fully saturated rings. The number of rotatable bonds is 8. The first-order chi connectivity index (χ1) is 9.38. The lowest BCUT2D eigenvalue weighted by Crippen LogP contribution is -2.29. The van der Waals surface area contributed by atoms with Crippen molar-refractivity contribution in [1.29, 1.82) is 0 Å². The molecule has 3 N–H and O–H groups in total. The molecule has 1 aromatic rings. The van der Waals surface area contributed by atoms with Crippen molar-refractivity contribution < 1.29 is 23.2 Å². The minimum absolute atomic E-state index is 0.105. The van der Waals surface area contributed by atoms with Crippen LogP contribution in [0.15, 0.2) is 17.1 Å². The summed E-state index contributed by atoms with van der Waals surface area (Å²) in [6, 6.07) is 1.48. The Hall–Kier alpha value is -1.25. The molecule has 20 heavy (non-hydrogen) atoms. The number of anilines is 1. The van der Waals surface area contributed by atoms with Crippen molar-refractivity contribution in [2.75, 3.05) is 33.2 Å². The van der Waals surface area contributed by atoms with E-state index in [9.17, 15) is 14.3 Å². The highest BCUT2D eigenvalue weighted by Gasteiger charge is 2.22. The Kier molecular flexibility index (Phi) is 6.31. The molecule has 9 nitrogen and oxygen atoms in total. The zero-order chi connectivity index (χ0) is 15.2. The monoisotopic (exact) mass is 307 g/mol. The molecule has 2 atom stereocenters. The fraction of sp³-hybridized carbons (Fsp3) is 0.600. The summed E-state index contributed by atoms with van der Waals surface area (Å²) < 4.78 is 26.6. The van der Waals surface area contributed by atoms with Crippen LogP contribution in [0.4, 0.5) is 5.82 Å². The quantitative estimate of drug-likeness (QED) is 0.635. The smallest absolute Gasteiger partial charge is 0.384 e. The van der Waals surface area contributed by atoms with Gasteiger partial charge in [0.2, 0.25) is 0 Å². The molecular formula is C10H18N3O6P. The van der Waals surface area contributed by atoms with Crippen LogP contribution >= 0.6 is 7.82 Å². The van der Waals surface area contributed by atoms with Crippen LogP contribution in [0.5, 0.6) is 0 Å². The highest BCUT2D eigenvalue weighted by molar-refractivity contribution is 7.47. The second-order valence-electron chi connectivity index (χ2n) is 4.06. The van der Waals surface area contributed by atoms with Gasteiger partial charge >= 0.3 is 13.5 Å². The average Bonchev–Trinajstić information content (AvgIpc) is 2.39. The molecule has 0 aliphatic carbocycles. The molecule has 0 radical (unpaired) electrons. The third-order valence-electron chi connectivity index (χ3n) is 2.46. The molecule has 0 spiro atoms. The Morgan fingerprint density at radius 3 is 2.75 bits per heavy atom. The molecular weight excluding hydrogens is 289 g/mol. The van der Waals surface area contributed by atoms with Crippen LogP contribution in [0, 0.1) is 5.92 Å². The van der Waals surface area contributed by atoms with E-state index in [0.717, 1.165) is 7.11 Å². The summed E-state index contributed by atoms with van der Waals surface area (Å²) in [6.07, 6.45) is 1.49. The molecule has 1 rings (SSSR count). The van der Waals surface area contributed by atoms with E-state index in [0.29, 0.717) is 0 Å². The number of methoxy groups -OCH3 is 1. The first-order valence-electron chi connectivity index (χ1n) is 5.73. The summed E-state index contributed by atoms with van der Waals surface area (Å²) in [5.41, 5.74) is 4.88. The van der Waals surface area contributed by atoms with E-state index in [1.807, 2.05) is 0 Å². The van der Waals surface area contributed by atoms with Crippen molar-refractivity contribution in [2.24, 2.45) is 5.92 Å². The number of phosphoric acid groups is 1. The standard InChI is InChI=1S/C10H18N3O6P/c1-17-6-8(7-19-20(15,16)18-2)5-13-4-3-9(11)12-10(13)14/h3-4,8H,5-7H2,1-2H3,(H,15,16)(H2,11,12,14)/t8-/m1/s1. The predicted molar refractivity (Wildman–Crippen MR) is 71.1 cm³/mol. The Morgan fingerprint density at radius 2 is 2.20 bits per heavy atom. The van der Waals surface area contributed by atoms with Gasteiger partial charge in [0, 0.05) is 32.9 Å². The average molecular weight is 307 g/mol. The third kappa shape index (κ3) is 5.40. The van der Waals surface area contributed by atoms with Crippen molar-refractivity contribution in [1.82, 2.24) is 9.55 Å². The number of hydrogen-bond donors (Lipinski definition) is 2. The molecule has 0 aliphatic heterocycles. The van der Waals surface area contributed by atoms with Gasteiger partial charge in [0.05, 0.1) is 13.2 Å². The SMILES string of the molecule is COC[C@H](COP(=O)(O)OC)Cn1ccc(N)nc1=O. The van der Waals surface area contributed by atoms with Crippen molar-refractivity contribution >= 4 is 13.6 Å². The third-order valence-corrected chi connectivity index (χ3v) is 3.39. The lowest BCUT2D eigenvalue weighted by atomic mass is 10.2. The maximum Gasteiger partial charge on any atom is 0.471 e. The van der Waals surface area contributed by atoms with Crippen molar-refractivity contribution in [3.8, 4) is 0 Å². The molecule has 10 heteroatoms. The van der Waals surface area contributed by atoms with E-state index in [1.165, 1.54) is 23.9 Å². The van der Waals surface area contributed by atoms with Crippen LogP contribution in [0.1, 0.15) is 0 Å². The molecule has 0 amide bonds. The van der Waals surface area contributed by atoms with E-state index in [4.69, 9.17) is 15.0 Å². The van der Waals surface area contributed by atoms with Gasteiger partial charge in [0.25, 0.3) is 0 Å². The van der Waals surface area contributed by atoms with E-state index in [2.05, 4.69) is 9.51 Å². The summed E-state index contributed by atoms with van der Waals surface area (Å²) in [7, 11) is -1.51. The predicted octanol–water partition coefficient (Wildman–Crippen LogP) is -0.149. The van der Waals surface area contributed by atoms with Crippen molar-refractivity contribution in [3.63, 3.8) is 0 Å². The summed E-state index contributed by atoms with van der Waals surface area (Å²) >= 11 is 0. The van der Waals surface area contributed by atoms with Gasteiger partial charge < -0.3 is 15.4 Å². The van der Waals surface area contributed by atoms with Crippen LogP contribution in [0.3, 0.4) is 0 Å². The lowest BCUT2D eigenvalue weighted by molar-refractivity contribution is 0.0870. The number of phosphoric ester groups is 1. The summed E-state index contributed by atoms with van der Waals surface area (Å²) in [6.45, 7) is 0.344. The fourth-order valence-electron chi connectivity index (χ4n) is 1.50. The summed E-state index contributed by atoms with van der Waals surface area (Å²) in [4.78, 5) is 24.4. The molecule has 0 aliphatic rings. The van der Waals surface area contributed by atoms with Crippen molar-refractivity contribution in [2.45, 2.75) is 6.54 Å². The number of aromatic nitrogens is 2. The first kappa shape index (κ1) is 16.8. The van der Waals surface area contributed by atoms with Crippen molar-refractivity contribution in [3.05, 3.63) is 22.7 Å². The molecule has 1 aromatic heterocycles. The summed E-state index contributed by atoms with van der Waals surface area (Å²) in [5, 5.41) is 0. The highest BCUT2D eigenvalue weighted by Crippen LogP contribution is 2.42. The maximum absolute atomic E-state index is 11.6. The Morgan fingerprint density at radius 1 is 1.50 bits per heavy atom. The Balaban J connectivity index is 2.72. The summed E-state index contributed by atoms with van der Waals surface area (Å²) in [5.74, 6) is -0.191. The minimum Gasteiger partial charge on any atom is -0.384 e. The molecule has 0 aromatic carbocycles. The van der Waals surface area contributed by atoms with Gasteiger partial charge in [-0.25, -0.2) is 9.36 Å². The van der Waals surface area contributed by atoms with E-state index in [-0.39, 0.29) is 31.5 Å². The fourth-order valence-corrected chi connectivity index (χ4v) is 2.01. The van der Waals surface area contributed by atoms with E-state index >= 15 is 0 Å². The molecule has 1 heterocycles. The van der Waals surface area contributed by atoms with Gasteiger partial charge in [-0.3, -0.25) is 13.6 Å². The highest BCUT2D eigenvalue weighted by atomic mass is 31.2. The topological polar surface area (TPSA) is 126 Å². The number of nitrogen functional groups attached to an aromatic ring is 1. The van der Waals surface area contributed by atoms with Gasteiger partial charge in [-0.1, -0.05) is 0 Å². The van der Waals surface area contributed by atoms with Crippen LogP contribution in [-0.2, 0) is 24.9 Å². The van der Waals surface area contributed by atoms with Gasteiger partial charge in [0.15, 0.2) is 0 Å². The first-order valence-corrected chi connectivity index (χ1v) is 7.22. The minimum atomic E-state index is -4.05. The maximum atomic E-state index is 11.6. The second-order valence-corrected chi connectivity index (χ2v) is 5.62. The molecule has 1 unspecified atom stereocenters. The van der Waals surface area contributed by atoms with Crippen LogP contribution < -0.4 is 11.4 Å². The normalized spacial score (nSPS) is 15.8. The van der Waals surface area contributed by atoms with Crippen LogP contribution in [0.25, 0.3) is 0 Å². The zero-order valence-corrected chi connectivity index (χ0v) is 12.2. The Labute approximate surface area is 115 Å². The molecule has 0 bridgehead atoms. The number of ether oxygens (including phenoxy) is 1. The second kappa shape index (κ2) is 7.51. The number of nitrogens with two attached hydrogens (primary N) is 1. The van der Waals surface area contributed by atoms with E-state index < -0.39 is 13.5 Å². The molecule has 0 saturated heterocycles. The number of nitrogens with zero attached hydrogens (tertiary/aromatic N) is 2. The van der Waals surface area contributed by atoms with Gasteiger partial charge in [-0.15, -0.1) is 0 Å². The van der Waals surface area contributed by atoms with Gasteiger partial charge in [-0.05, 0) is 6.07 Å². The molecule has 0 saturated carbocycles. The van der Waals surface area contributed by atoms with Gasteiger partial charge in [0.1, 0.15) is 5.82 Å². The number of hydrogen-bond acceptors (Lipinski definition) is 7. The molecule has 114 valence electrons. The van der Waals surface area contributed by atoms with Crippen LogP contribution in [0.2, 0.25) is 0 Å². The van der Waals surface area contributed by atoms with Crippen LogP contribution in [-0.4, -0.2) is 41.9 Å². The van der Waals surface area contributed by atoms with E-state index in [1.54, 1.807) is 0 Å². The lowest BCUT2D eigenvalue weighted by Gasteiger charge is -2.18. The zero-order valence-electron chi connectivity index (χ0n) is 11.3. The Bertz CT molecular complexity index is 534. The van der Waals surface area contributed by atoms with Gasteiger partial charge in [-0.2, -0.15) is 4.98 Å².